The third-order valence-corrected chi connectivity index (χ3v) is 6.12. The van der Waals surface area contributed by atoms with E-state index in [1.54, 1.807) is 13.1 Å². The van der Waals surface area contributed by atoms with Crippen LogP contribution in [-0.2, 0) is 4.79 Å². The Labute approximate surface area is 187 Å². The average molecular weight is 428 g/mol. The molecule has 0 saturated carbocycles. The minimum atomic E-state index is -0.767. The fourth-order valence-corrected chi connectivity index (χ4v) is 4.27. The second-order valence-corrected chi connectivity index (χ2v) is 8.07. The first-order valence-corrected chi connectivity index (χ1v) is 10.8. The molecule has 0 bridgehead atoms. The van der Waals surface area contributed by atoms with Crippen LogP contribution in [0.3, 0.4) is 0 Å². The zero-order chi connectivity index (χ0) is 22.1. The van der Waals surface area contributed by atoms with Gasteiger partial charge >= 0.3 is 0 Å². The van der Waals surface area contributed by atoms with Crippen LogP contribution < -0.4 is 10.2 Å². The molecule has 0 aliphatic carbocycles. The summed E-state index contributed by atoms with van der Waals surface area (Å²) >= 11 is 0. The van der Waals surface area contributed by atoms with Crippen LogP contribution in [0.2, 0.25) is 0 Å². The Hall–Kier alpha value is -3.87. The largest absolute Gasteiger partial charge is 0.368 e. The standard InChI is InChI=1S/C25H25N5O2/c1-28-23(25(32)30-16-14-29(15-17-30)19-10-6-3-7-11-19)27-22-20(24(28)31)12-13-21(26-22)18-8-4-2-5-9-18/h2-13,23H,14-17H2,1H3,(H,26,27). The van der Waals surface area contributed by atoms with Crippen molar-refractivity contribution in [1.82, 2.24) is 14.8 Å². The van der Waals surface area contributed by atoms with Crippen LogP contribution in [-0.4, -0.2) is 66.0 Å². The van der Waals surface area contributed by atoms with Gasteiger partial charge in [0.05, 0.1) is 11.3 Å². The molecule has 1 N–H and O–H groups in total. The Morgan fingerprint density at radius 3 is 2.25 bits per heavy atom. The van der Waals surface area contributed by atoms with Gasteiger partial charge in [0.15, 0.2) is 6.17 Å². The second-order valence-electron chi connectivity index (χ2n) is 8.07. The molecule has 162 valence electrons. The Balaban J connectivity index is 1.33. The van der Waals surface area contributed by atoms with Gasteiger partial charge in [-0.05, 0) is 24.3 Å². The number of hydrogen-bond acceptors (Lipinski definition) is 5. The van der Waals surface area contributed by atoms with Gasteiger partial charge in [0.25, 0.3) is 11.8 Å². The van der Waals surface area contributed by atoms with Crippen molar-refractivity contribution in [2.75, 3.05) is 43.4 Å². The first-order chi connectivity index (χ1) is 15.6. The number of carbonyl (C=O) groups excluding carboxylic acids is 2. The van der Waals surface area contributed by atoms with Gasteiger partial charge in [0.2, 0.25) is 0 Å². The minimum absolute atomic E-state index is 0.105. The highest BCUT2D eigenvalue weighted by Gasteiger charge is 2.38. The number of piperazine rings is 1. The van der Waals surface area contributed by atoms with Gasteiger partial charge in [-0.3, -0.25) is 9.59 Å². The van der Waals surface area contributed by atoms with Crippen LogP contribution in [0.5, 0.6) is 0 Å². The van der Waals surface area contributed by atoms with E-state index in [1.807, 2.05) is 59.5 Å². The number of amides is 2. The smallest absolute Gasteiger partial charge is 0.266 e. The first kappa shape index (κ1) is 20.1. The highest BCUT2D eigenvalue weighted by Crippen LogP contribution is 2.27. The fourth-order valence-electron chi connectivity index (χ4n) is 4.27. The van der Waals surface area contributed by atoms with Crippen LogP contribution >= 0.6 is 0 Å². The topological polar surface area (TPSA) is 68.8 Å². The highest BCUT2D eigenvalue weighted by atomic mass is 16.2. The van der Waals surface area contributed by atoms with E-state index in [4.69, 9.17) is 0 Å². The summed E-state index contributed by atoms with van der Waals surface area (Å²) in [6.45, 7) is 2.73. The molecule has 1 fully saturated rings. The molecular formula is C25H25N5O2. The monoisotopic (exact) mass is 427 g/mol. The molecule has 3 aromatic rings. The van der Waals surface area contributed by atoms with Gasteiger partial charge in [-0.15, -0.1) is 0 Å². The molecule has 0 radical (unpaired) electrons. The zero-order valence-corrected chi connectivity index (χ0v) is 17.9. The van der Waals surface area contributed by atoms with Crippen LogP contribution in [0.25, 0.3) is 11.3 Å². The third-order valence-electron chi connectivity index (χ3n) is 6.12. The molecule has 5 rings (SSSR count). The second kappa shape index (κ2) is 8.34. The summed E-state index contributed by atoms with van der Waals surface area (Å²) in [5.41, 5.74) is 3.36. The van der Waals surface area contributed by atoms with E-state index in [2.05, 4.69) is 27.3 Å². The average Bonchev–Trinajstić information content (AvgIpc) is 2.86. The normalized spacial score (nSPS) is 18.2. The fraction of sp³-hybridized carbons (Fsp3) is 0.240. The SMILES string of the molecule is CN1C(=O)c2ccc(-c3ccccc3)nc2NC1C(=O)N1CCN(c2ccccc2)CC1. The minimum Gasteiger partial charge on any atom is -0.368 e. The van der Waals surface area contributed by atoms with Crippen molar-refractivity contribution in [3.8, 4) is 11.3 Å². The number of rotatable bonds is 3. The Bertz CT molecular complexity index is 1130. The van der Waals surface area contributed by atoms with Gasteiger partial charge < -0.3 is 20.0 Å². The van der Waals surface area contributed by atoms with E-state index in [1.165, 1.54) is 4.90 Å². The van der Waals surface area contributed by atoms with Crippen molar-refractivity contribution in [1.29, 1.82) is 0 Å². The highest BCUT2D eigenvalue weighted by molar-refractivity contribution is 6.04. The lowest BCUT2D eigenvalue weighted by Crippen LogP contribution is -2.59. The maximum absolute atomic E-state index is 13.3. The van der Waals surface area contributed by atoms with E-state index < -0.39 is 6.17 Å². The van der Waals surface area contributed by atoms with E-state index in [9.17, 15) is 9.59 Å². The molecule has 7 heteroatoms. The lowest BCUT2D eigenvalue weighted by Gasteiger charge is -2.40. The lowest BCUT2D eigenvalue weighted by molar-refractivity contribution is -0.135. The molecule has 2 aromatic carbocycles. The van der Waals surface area contributed by atoms with Gasteiger partial charge in [-0.25, -0.2) is 4.98 Å². The number of para-hydroxylation sites is 1. The summed E-state index contributed by atoms with van der Waals surface area (Å²) < 4.78 is 0. The molecular weight excluding hydrogens is 402 g/mol. The quantitative estimate of drug-likeness (QED) is 0.696. The van der Waals surface area contributed by atoms with Gasteiger partial charge in [-0.2, -0.15) is 0 Å². The van der Waals surface area contributed by atoms with Gasteiger partial charge in [0, 0.05) is 44.5 Å². The number of aromatic nitrogens is 1. The van der Waals surface area contributed by atoms with Crippen LogP contribution in [0.15, 0.2) is 72.8 Å². The molecule has 7 nitrogen and oxygen atoms in total. The molecule has 1 unspecified atom stereocenters. The maximum Gasteiger partial charge on any atom is 0.266 e. The number of likely N-dealkylation sites (N-methyl/N-ethyl adjacent to an activating group) is 1. The molecule has 32 heavy (non-hydrogen) atoms. The van der Waals surface area contributed by atoms with Crippen molar-refractivity contribution in [2.45, 2.75) is 6.17 Å². The number of hydrogen-bond donors (Lipinski definition) is 1. The van der Waals surface area contributed by atoms with Crippen LogP contribution in [0.1, 0.15) is 10.4 Å². The van der Waals surface area contributed by atoms with Crippen molar-refractivity contribution in [2.24, 2.45) is 0 Å². The Morgan fingerprint density at radius 2 is 1.56 bits per heavy atom. The van der Waals surface area contributed by atoms with E-state index in [-0.39, 0.29) is 11.8 Å². The summed E-state index contributed by atoms with van der Waals surface area (Å²) in [4.78, 5) is 36.5. The van der Waals surface area contributed by atoms with E-state index >= 15 is 0 Å². The zero-order valence-electron chi connectivity index (χ0n) is 17.9. The van der Waals surface area contributed by atoms with Gasteiger partial charge in [0.1, 0.15) is 5.82 Å². The molecule has 1 aromatic heterocycles. The molecule has 1 saturated heterocycles. The Kier molecular flexibility index (Phi) is 5.23. The predicted molar refractivity (Wildman–Crippen MR) is 124 cm³/mol. The number of carbonyl (C=O) groups is 2. The van der Waals surface area contributed by atoms with Crippen LogP contribution in [0, 0.1) is 0 Å². The number of fused-ring (bicyclic) bond motifs is 1. The number of pyridine rings is 1. The molecule has 2 amide bonds. The molecule has 3 heterocycles. The number of anilines is 2. The predicted octanol–water partition coefficient (Wildman–Crippen LogP) is 2.92. The van der Waals surface area contributed by atoms with Crippen molar-refractivity contribution >= 4 is 23.3 Å². The van der Waals surface area contributed by atoms with Crippen molar-refractivity contribution in [3.05, 3.63) is 78.4 Å². The Morgan fingerprint density at radius 1 is 0.906 bits per heavy atom. The summed E-state index contributed by atoms with van der Waals surface area (Å²) in [6, 6.07) is 23.6. The number of nitrogens with one attached hydrogen (secondary N) is 1. The number of nitrogens with zero attached hydrogens (tertiary/aromatic N) is 4. The van der Waals surface area contributed by atoms with E-state index in [0.29, 0.717) is 24.5 Å². The number of benzene rings is 2. The summed E-state index contributed by atoms with van der Waals surface area (Å²) in [7, 11) is 1.66. The molecule has 2 aliphatic heterocycles. The van der Waals surface area contributed by atoms with Crippen LogP contribution in [0.4, 0.5) is 11.5 Å². The van der Waals surface area contributed by atoms with Crippen molar-refractivity contribution in [3.63, 3.8) is 0 Å². The van der Waals surface area contributed by atoms with Crippen molar-refractivity contribution < 1.29 is 9.59 Å². The lowest BCUT2D eigenvalue weighted by atomic mass is 10.1. The molecule has 0 spiro atoms. The summed E-state index contributed by atoms with van der Waals surface area (Å²) in [6.07, 6.45) is -0.767. The first-order valence-electron chi connectivity index (χ1n) is 10.8. The van der Waals surface area contributed by atoms with Gasteiger partial charge in [-0.1, -0.05) is 48.5 Å². The summed E-state index contributed by atoms with van der Waals surface area (Å²) in [5.74, 6) is 0.147. The maximum atomic E-state index is 13.3. The molecule has 1 atom stereocenters. The van der Waals surface area contributed by atoms with E-state index in [0.717, 1.165) is 30.0 Å². The summed E-state index contributed by atoms with van der Waals surface area (Å²) in [5, 5.41) is 3.22. The third kappa shape index (κ3) is 3.66. The molecule has 2 aliphatic rings.